The number of carbonyl (C=O) groups excluding carboxylic acids is 1. The molecule has 25 heavy (non-hydrogen) atoms. The van der Waals surface area contributed by atoms with Gasteiger partial charge in [0.1, 0.15) is 5.52 Å². The largest absolute Gasteiger partial charge is 0.383 e. The van der Waals surface area contributed by atoms with Crippen LogP contribution in [0.15, 0.2) is 37.1 Å². The van der Waals surface area contributed by atoms with Gasteiger partial charge in [-0.05, 0) is 38.5 Å². The number of amides is 1. The van der Waals surface area contributed by atoms with Crippen molar-refractivity contribution in [2.24, 2.45) is 0 Å². The van der Waals surface area contributed by atoms with Crippen LogP contribution in [-0.2, 0) is 0 Å². The highest BCUT2D eigenvalue weighted by atomic mass is 16.1. The molecule has 130 valence electrons. The van der Waals surface area contributed by atoms with Crippen LogP contribution in [0.25, 0.3) is 11.2 Å². The molecule has 7 nitrogen and oxygen atoms in total. The molecule has 0 fully saturated rings. The number of hydrogen-bond acceptors (Lipinski definition) is 5. The van der Waals surface area contributed by atoms with Crippen molar-refractivity contribution in [3.8, 4) is 0 Å². The number of pyridine rings is 2. The van der Waals surface area contributed by atoms with Gasteiger partial charge in [0.15, 0.2) is 5.65 Å². The average Bonchev–Trinajstić information content (AvgIpc) is 3.03. The van der Waals surface area contributed by atoms with Gasteiger partial charge >= 0.3 is 0 Å². The van der Waals surface area contributed by atoms with Crippen molar-refractivity contribution < 1.29 is 4.79 Å². The molecule has 0 aromatic carbocycles. The number of aryl methyl sites for hydroxylation is 1. The Kier molecular flexibility index (Phi) is 4.92. The van der Waals surface area contributed by atoms with Gasteiger partial charge in [0.2, 0.25) is 0 Å². The molecule has 0 aliphatic heterocycles. The molecule has 3 aromatic heterocycles. The summed E-state index contributed by atoms with van der Waals surface area (Å²) in [7, 11) is 0. The zero-order chi connectivity index (χ0) is 17.8. The van der Waals surface area contributed by atoms with Crippen molar-refractivity contribution in [2.75, 3.05) is 18.4 Å². The first-order valence-corrected chi connectivity index (χ1v) is 8.31. The number of rotatable bonds is 6. The van der Waals surface area contributed by atoms with Crippen molar-refractivity contribution >= 4 is 22.8 Å². The lowest BCUT2D eigenvalue weighted by atomic mass is 10.2. The lowest BCUT2D eigenvalue weighted by Crippen LogP contribution is -2.29. The van der Waals surface area contributed by atoms with Crippen LogP contribution in [0.1, 0.15) is 35.8 Å². The third-order valence-corrected chi connectivity index (χ3v) is 3.98. The van der Waals surface area contributed by atoms with Crippen molar-refractivity contribution in [1.29, 1.82) is 0 Å². The maximum Gasteiger partial charge on any atom is 0.252 e. The highest BCUT2D eigenvalue weighted by Gasteiger charge is 2.11. The highest BCUT2D eigenvalue weighted by Crippen LogP contribution is 2.16. The lowest BCUT2D eigenvalue weighted by Gasteiger charge is -2.10. The molecule has 0 unspecified atom stereocenters. The SMILES string of the molecule is Cc1cnccc1NCCNC(=O)c1cnc2c(c1)ncn2C(C)C. The fourth-order valence-electron chi connectivity index (χ4n) is 2.57. The third kappa shape index (κ3) is 3.76. The molecule has 0 radical (unpaired) electrons. The van der Waals surface area contributed by atoms with Crippen LogP contribution in [-0.4, -0.2) is 38.5 Å². The molecule has 3 rings (SSSR count). The summed E-state index contributed by atoms with van der Waals surface area (Å²) in [5.41, 5.74) is 4.13. The van der Waals surface area contributed by atoms with Gasteiger partial charge in [0, 0.05) is 43.4 Å². The second-order valence-electron chi connectivity index (χ2n) is 6.19. The summed E-state index contributed by atoms with van der Waals surface area (Å²) in [6, 6.07) is 3.97. The number of nitrogens with one attached hydrogen (secondary N) is 2. The number of anilines is 1. The first-order valence-electron chi connectivity index (χ1n) is 8.31. The van der Waals surface area contributed by atoms with Crippen LogP contribution >= 0.6 is 0 Å². The maximum atomic E-state index is 12.3. The quantitative estimate of drug-likeness (QED) is 0.675. The molecular formula is C18H22N6O. The summed E-state index contributed by atoms with van der Waals surface area (Å²) in [6.07, 6.45) is 6.90. The van der Waals surface area contributed by atoms with Gasteiger partial charge in [-0.1, -0.05) is 0 Å². The first kappa shape index (κ1) is 16.9. The van der Waals surface area contributed by atoms with E-state index in [9.17, 15) is 4.79 Å². The van der Waals surface area contributed by atoms with Crippen LogP contribution in [0.3, 0.4) is 0 Å². The van der Waals surface area contributed by atoms with Crippen molar-refractivity contribution in [2.45, 2.75) is 26.8 Å². The highest BCUT2D eigenvalue weighted by molar-refractivity contribution is 5.96. The Morgan fingerprint density at radius 1 is 1.24 bits per heavy atom. The Balaban J connectivity index is 1.58. The van der Waals surface area contributed by atoms with Crippen LogP contribution in [0.4, 0.5) is 5.69 Å². The Bertz CT molecular complexity index is 886. The Morgan fingerprint density at radius 2 is 2.08 bits per heavy atom. The molecule has 0 bridgehead atoms. The van der Waals surface area contributed by atoms with Crippen LogP contribution in [0, 0.1) is 6.92 Å². The monoisotopic (exact) mass is 338 g/mol. The van der Waals surface area contributed by atoms with Gasteiger partial charge in [-0.25, -0.2) is 9.97 Å². The van der Waals surface area contributed by atoms with Gasteiger partial charge in [0.05, 0.1) is 11.9 Å². The number of nitrogens with zero attached hydrogens (tertiary/aromatic N) is 4. The van der Waals surface area contributed by atoms with E-state index in [4.69, 9.17) is 0 Å². The minimum atomic E-state index is -0.151. The Hall–Kier alpha value is -2.96. The van der Waals surface area contributed by atoms with Crippen LogP contribution < -0.4 is 10.6 Å². The summed E-state index contributed by atoms with van der Waals surface area (Å²) in [5, 5.41) is 6.17. The van der Waals surface area contributed by atoms with Gasteiger partial charge in [0.25, 0.3) is 5.91 Å². The molecule has 0 spiro atoms. The zero-order valence-electron chi connectivity index (χ0n) is 14.7. The van der Waals surface area contributed by atoms with E-state index < -0.39 is 0 Å². The summed E-state index contributed by atoms with van der Waals surface area (Å²) in [4.78, 5) is 25.1. The van der Waals surface area contributed by atoms with E-state index in [1.54, 1.807) is 31.0 Å². The molecule has 0 aliphatic carbocycles. The van der Waals surface area contributed by atoms with Crippen molar-refractivity contribution in [3.05, 3.63) is 48.2 Å². The first-order chi connectivity index (χ1) is 12.1. The normalized spacial score (nSPS) is 11.0. The molecule has 3 heterocycles. The minimum absolute atomic E-state index is 0.151. The smallest absolute Gasteiger partial charge is 0.252 e. The van der Waals surface area contributed by atoms with Crippen LogP contribution in [0.2, 0.25) is 0 Å². The maximum absolute atomic E-state index is 12.3. The van der Waals surface area contributed by atoms with Crippen molar-refractivity contribution in [1.82, 2.24) is 24.8 Å². The van der Waals surface area contributed by atoms with E-state index in [1.165, 1.54) is 0 Å². The van der Waals surface area contributed by atoms with Gasteiger partial charge in [-0.15, -0.1) is 0 Å². The molecule has 7 heteroatoms. The summed E-state index contributed by atoms with van der Waals surface area (Å²) in [6.45, 7) is 7.28. The lowest BCUT2D eigenvalue weighted by molar-refractivity contribution is 0.0955. The van der Waals surface area contributed by atoms with E-state index in [-0.39, 0.29) is 11.9 Å². The Morgan fingerprint density at radius 3 is 2.84 bits per heavy atom. The predicted molar refractivity (Wildman–Crippen MR) is 97.7 cm³/mol. The second kappa shape index (κ2) is 7.29. The van der Waals surface area contributed by atoms with E-state index in [0.29, 0.717) is 18.7 Å². The molecule has 3 aromatic rings. The zero-order valence-corrected chi connectivity index (χ0v) is 14.7. The van der Waals surface area contributed by atoms with Crippen LogP contribution in [0.5, 0.6) is 0 Å². The van der Waals surface area contributed by atoms with Gasteiger partial charge in [-0.3, -0.25) is 9.78 Å². The molecule has 0 aliphatic rings. The molecule has 2 N–H and O–H groups in total. The molecule has 0 saturated carbocycles. The fraction of sp³-hybridized carbons (Fsp3) is 0.333. The van der Waals surface area contributed by atoms with E-state index in [0.717, 1.165) is 22.4 Å². The number of carbonyl (C=O) groups is 1. The number of imidazole rings is 1. The standard InChI is InChI=1S/C18H22N6O/c1-12(2)24-11-23-16-8-14(10-22-17(16)24)18(25)21-7-6-20-15-4-5-19-9-13(15)3/h4-5,8-12H,6-7H2,1-3H3,(H,19,20)(H,21,25). The molecule has 1 amide bonds. The van der Waals surface area contributed by atoms with Gasteiger partial charge < -0.3 is 15.2 Å². The molecule has 0 saturated heterocycles. The molecular weight excluding hydrogens is 316 g/mol. The number of fused-ring (bicyclic) bond motifs is 1. The summed E-state index contributed by atoms with van der Waals surface area (Å²) in [5.74, 6) is -0.151. The fourth-order valence-corrected chi connectivity index (χ4v) is 2.57. The topological polar surface area (TPSA) is 84.7 Å². The number of aromatic nitrogens is 4. The van der Waals surface area contributed by atoms with E-state index in [1.807, 2.05) is 17.6 Å². The Labute approximate surface area is 146 Å². The van der Waals surface area contributed by atoms with E-state index in [2.05, 4.69) is 39.4 Å². The predicted octanol–water partition coefficient (Wildman–Crippen LogP) is 2.56. The van der Waals surface area contributed by atoms with Gasteiger partial charge in [-0.2, -0.15) is 0 Å². The number of hydrogen-bond donors (Lipinski definition) is 2. The minimum Gasteiger partial charge on any atom is -0.383 e. The molecule has 0 atom stereocenters. The third-order valence-electron chi connectivity index (χ3n) is 3.98. The van der Waals surface area contributed by atoms with E-state index >= 15 is 0 Å². The average molecular weight is 338 g/mol. The summed E-state index contributed by atoms with van der Waals surface area (Å²) < 4.78 is 1.98. The summed E-state index contributed by atoms with van der Waals surface area (Å²) >= 11 is 0. The second-order valence-corrected chi connectivity index (χ2v) is 6.19. The van der Waals surface area contributed by atoms with Crippen molar-refractivity contribution in [3.63, 3.8) is 0 Å².